The van der Waals surface area contributed by atoms with Crippen LogP contribution in [0.5, 0.6) is 0 Å². The molecule has 0 aliphatic carbocycles. The van der Waals surface area contributed by atoms with Crippen LogP contribution in [0.25, 0.3) is 0 Å². The lowest BCUT2D eigenvalue weighted by Gasteiger charge is -2.34. The van der Waals surface area contributed by atoms with E-state index in [1.807, 2.05) is 29.2 Å². The van der Waals surface area contributed by atoms with E-state index in [9.17, 15) is 9.59 Å². The number of amides is 2. The summed E-state index contributed by atoms with van der Waals surface area (Å²) in [6.45, 7) is 3.19. The molecule has 0 spiro atoms. The van der Waals surface area contributed by atoms with E-state index in [0.29, 0.717) is 25.2 Å². The predicted molar refractivity (Wildman–Crippen MR) is 85.2 cm³/mol. The average Bonchev–Trinajstić information content (AvgIpc) is 2.47. The molecule has 1 aliphatic rings. The van der Waals surface area contributed by atoms with Crippen LogP contribution in [0.15, 0.2) is 28.7 Å². The zero-order chi connectivity index (χ0) is 15.4. The Morgan fingerprint density at radius 3 is 2.33 bits per heavy atom. The SMILES string of the molecule is CN(C)C(=O)CN1CCN(C(=O)c2ccccc2Br)CC1. The number of hydrogen-bond donors (Lipinski definition) is 0. The van der Waals surface area contributed by atoms with E-state index in [2.05, 4.69) is 20.8 Å². The van der Waals surface area contributed by atoms with Crippen molar-refractivity contribution in [2.75, 3.05) is 46.8 Å². The lowest BCUT2D eigenvalue weighted by atomic mass is 10.2. The smallest absolute Gasteiger partial charge is 0.255 e. The first-order valence-electron chi connectivity index (χ1n) is 6.95. The van der Waals surface area contributed by atoms with Gasteiger partial charge in [0.1, 0.15) is 0 Å². The number of carbonyl (C=O) groups excluding carboxylic acids is 2. The van der Waals surface area contributed by atoms with Crippen LogP contribution >= 0.6 is 15.9 Å². The molecule has 21 heavy (non-hydrogen) atoms. The summed E-state index contributed by atoms with van der Waals surface area (Å²) in [6.07, 6.45) is 0. The van der Waals surface area contributed by atoms with Gasteiger partial charge in [0.2, 0.25) is 5.91 Å². The van der Waals surface area contributed by atoms with Gasteiger partial charge in [0.05, 0.1) is 12.1 Å². The summed E-state index contributed by atoms with van der Waals surface area (Å²) in [7, 11) is 3.52. The molecule has 0 N–H and O–H groups in total. The molecule has 1 saturated heterocycles. The fraction of sp³-hybridized carbons (Fsp3) is 0.467. The topological polar surface area (TPSA) is 43.9 Å². The molecule has 2 amide bonds. The Bertz CT molecular complexity index is 525. The van der Waals surface area contributed by atoms with Gasteiger partial charge in [0, 0.05) is 44.7 Å². The van der Waals surface area contributed by atoms with E-state index < -0.39 is 0 Å². The number of likely N-dealkylation sites (N-methyl/N-ethyl adjacent to an activating group) is 1. The Morgan fingerprint density at radius 1 is 1.14 bits per heavy atom. The molecule has 0 unspecified atom stereocenters. The van der Waals surface area contributed by atoms with Crippen LogP contribution < -0.4 is 0 Å². The first-order valence-corrected chi connectivity index (χ1v) is 7.74. The zero-order valence-corrected chi connectivity index (χ0v) is 14.0. The Balaban J connectivity index is 1.91. The lowest BCUT2D eigenvalue weighted by molar-refractivity contribution is -0.130. The van der Waals surface area contributed by atoms with Crippen LogP contribution in [0.1, 0.15) is 10.4 Å². The van der Waals surface area contributed by atoms with E-state index >= 15 is 0 Å². The van der Waals surface area contributed by atoms with Crippen molar-refractivity contribution in [3.05, 3.63) is 34.3 Å². The van der Waals surface area contributed by atoms with Crippen LogP contribution in [0.3, 0.4) is 0 Å². The highest BCUT2D eigenvalue weighted by atomic mass is 79.9. The molecule has 1 heterocycles. The maximum Gasteiger partial charge on any atom is 0.255 e. The maximum atomic E-state index is 12.5. The zero-order valence-electron chi connectivity index (χ0n) is 12.4. The van der Waals surface area contributed by atoms with Crippen molar-refractivity contribution in [3.63, 3.8) is 0 Å². The quantitative estimate of drug-likeness (QED) is 0.822. The second-order valence-corrected chi connectivity index (χ2v) is 6.19. The lowest BCUT2D eigenvalue weighted by Crippen LogP contribution is -2.51. The molecule has 0 radical (unpaired) electrons. The van der Waals surface area contributed by atoms with E-state index in [-0.39, 0.29) is 11.8 Å². The second-order valence-electron chi connectivity index (χ2n) is 5.34. The van der Waals surface area contributed by atoms with E-state index in [0.717, 1.165) is 17.6 Å². The van der Waals surface area contributed by atoms with Crippen molar-refractivity contribution in [3.8, 4) is 0 Å². The van der Waals surface area contributed by atoms with Crippen molar-refractivity contribution in [2.45, 2.75) is 0 Å². The van der Waals surface area contributed by atoms with Gasteiger partial charge in [-0.15, -0.1) is 0 Å². The largest absolute Gasteiger partial charge is 0.348 e. The first-order chi connectivity index (χ1) is 9.99. The van der Waals surface area contributed by atoms with Gasteiger partial charge < -0.3 is 9.80 Å². The molecule has 114 valence electrons. The first kappa shape index (κ1) is 16.0. The third-order valence-electron chi connectivity index (χ3n) is 3.62. The highest BCUT2D eigenvalue weighted by molar-refractivity contribution is 9.10. The number of hydrogen-bond acceptors (Lipinski definition) is 3. The molecule has 1 fully saturated rings. The molecular formula is C15H20BrN3O2. The fourth-order valence-electron chi connectivity index (χ4n) is 2.25. The molecule has 6 heteroatoms. The highest BCUT2D eigenvalue weighted by Gasteiger charge is 2.24. The third-order valence-corrected chi connectivity index (χ3v) is 4.31. The molecule has 0 aromatic heterocycles. The minimum Gasteiger partial charge on any atom is -0.348 e. The summed E-state index contributed by atoms with van der Waals surface area (Å²) < 4.78 is 0.820. The molecule has 2 rings (SSSR count). The van der Waals surface area contributed by atoms with Crippen molar-refractivity contribution >= 4 is 27.7 Å². The van der Waals surface area contributed by atoms with Crippen LogP contribution in [0, 0.1) is 0 Å². The van der Waals surface area contributed by atoms with Gasteiger partial charge in [-0.2, -0.15) is 0 Å². The average molecular weight is 354 g/mol. The molecule has 0 bridgehead atoms. The van der Waals surface area contributed by atoms with Gasteiger partial charge in [-0.3, -0.25) is 14.5 Å². The third kappa shape index (κ3) is 4.04. The summed E-state index contributed by atoms with van der Waals surface area (Å²) in [4.78, 5) is 29.7. The van der Waals surface area contributed by atoms with Crippen LogP contribution in [-0.4, -0.2) is 73.3 Å². The molecule has 0 saturated carbocycles. The summed E-state index contributed by atoms with van der Waals surface area (Å²) in [5.74, 6) is 0.140. The number of benzene rings is 1. The van der Waals surface area contributed by atoms with Gasteiger partial charge in [-0.1, -0.05) is 12.1 Å². The van der Waals surface area contributed by atoms with Gasteiger partial charge in [0.25, 0.3) is 5.91 Å². The summed E-state index contributed by atoms with van der Waals surface area (Å²) >= 11 is 3.42. The van der Waals surface area contributed by atoms with Gasteiger partial charge in [-0.25, -0.2) is 0 Å². The Labute approximate surface area is 133 Å². The summed E-state index contributed by atoms with van der Waals surface area (Å²) in [5.41, 5.74) is 0.690. The predicted octanol–water partition coefficient (Wildman–Crippen LogP) is 1.30. The van der Waals surface area contributed by atoms with Crippen LogP contribution in [0.2, 0.25) is 0 Å². The normalized spacial score (nSPS) is 15.9. The summed E-state index contributed by atoms with van der Waals surface area (Å²) in [5, 5.41) is 0. The number of piperazine rings is 1. The number of halogens is 1. The maximum absolute atomic E-state index is 12.5. The van der Waals surface area contributed by atoms with E-state index in [1.54, 1.807) is 19.0 Å². The molecule has 5 nitrogen and oxygen atoms in total. The minimum atomic E-state index is 0.0426. The molecular weight excluding hydrogens is 334 g/mol. The standard InChI is InChI=1S/C15H20BrN3O2/c1-17(2)14(20)11-18-7-9-19(10-8-18)15(21)12-5-3-4-6-13(12)16/h3-6H,7-11H2,1-2H3. The second kappa shape index (κ2) is 7.04. The van der Waals surface area contributed by atoms with Crippen LogP contribution in [0.4, 0.5) is 0 Å². The number of nitrogens with zero attached hydrogens (tertiary/aromatic N) is 3. The minimum absolute atomic E-state index is 0.0426. The van der Waals surface area contributed by atoms with Crippen molar-refractivity contribution in [2.24, 2.45) is 0 Å². The van der Waals surface area contributed by atoms with E-state index in [1.165, 1.54) is 0 Å². The Hall–Kier alpha value is -1.40. The van der Waals surface area contributed by atoms with Gasteiger partial charge in [0.15, 0.2) is 0 Å². The summed E-state index contributed by atoms with van der Waals surface area (Å²) in [6, 6.07) is 7.46. The fourth-order valence-corrected chi connectivity index (χ4v) is 2.70. The molecule has 1 aromatic carbocycles. The van der Waals surface area contributed by atoms with Crippen molar-refractivity contribution in [1.29, 1.82) is 0 Å². The highest BCUT2D eigenvalue weighted by Crippen LogP contribution is 2.18. The van der Waals surface area contributed by atoms with Gasteiger partial charge >= 0.3 is 0 Å². The van der Waals surface area contributed by atoms with Crippen molar-refractivity contribution < 1.29 is 9.59 Å². The number of rotatable bonds is 3. The molecule has 1 aromatic rings. The van der Waals surface area contributed by atoms with Crippen molar-refractivity contribution in [1.82, 2.24) is 14.7 Å². The van der Waals surface area contributed by atoms with Gasteiger partial charge in [-0.05, 0) is 28.1 Å². The monoisotopic (exact) mass is 353 g/mol. The Kier molecular flexibility index (Phi) is 5.36. The molecule has 0 atom stereocenters. The van der Waals surface area contributed by atoms with E-state index in [4.69, 9.17) is 0 Å². The molecule has 1 aliphatic heterocycles. The Morgan fingerprint density at radius 2 is 1.76 bits per heavy atom. The number of carbonyl (C=O) groups is 2. The van der Waals surface area contributed by atoms with Crippen LogP contribution in [-0.2, 0) is 4.79 Å².